The summed E-state index contributed by atoms with van der Waals surface area (Å²) in [6.07, 6.45) is 3.07. The Kier molecular flexibility index (Phi) is 4.40. The molecule has 0 saturated heterocycles. The fraction of sp³-hybridized carbons (Fsp3) is 0.312. The fourth-order valence-electron chi connectivity index (χ4n) is 2.17. The lowest BCUT2D eigenvalue weighted by Gasteiger charge is -2.35. The Balaban J connectivity index is 2.50. The van der Waals surface area contributed by atoms with Crippen molar-refractivity contribution in [3.63, 3.8) is 0 Å². The highest BCUT2D eigenvalue weighted by Crippen LogP contribution is 2.33. The molecule has 118 valence electrons. The molecule has 22 heavy (non-hydrogen) atoms. The summed E-state index contributed by atoms with van der Waals surface area (Å²) >= 11 is 0. The summed E-state index contributed by atoms with van der Waals surface area (Å²) in [5.41, 5.74) is 3.40. The Hall–Kier alpha value is -2.11. The largest absolute Gasteiger partial charge is 0.725 e. The maximum absolute atomic E-state index is 13.8. The van der Waals surface area contributed by atoms with E-state index in [2.05, 4.69) is 4.65 Å². The second kappa shape index (κ2) is 5.95. The van der Waals surface area contributed by atoms with E-state index in [0.29, 0.717) is 5.56 Å². The van der Waals surface area contributed by atoms with Crippen molar-refractivity contribution < 1.29 is 22.5 Å². The van der Waals surface area contributed by atoms with Crippen LogP contribution in [0.3, 0.4) is 0 Å². The van der Waals surface area contributed by atoms with Crippen molar-refractivity contribution in [1.29, 1.82) is 0 Å². The number of rotatable bonds is 2. The van der Waals surface area contributed by atoms with Crippen LogP contribution in [0.25, 0.3) is 5.76 Å². The number of aryl methyl sites for hydroxylation is 2. The third kappa shape index (κ3) is 3.75. The quantitative estimate of drug-likeness (QED) is 0.472. The van der Waals surface area contributed by atoms with Crippen molar-refractivity contribution in [2.24, 2.45) is 0 Å². The lowest BCUT2D eigenvalue weighted by Crippen LogP contribution is -2.34. The van der Waals surface area contributed by atoms with Crippen LogP contribution in [0.5, 0.6) is 0 Å². The maximum Gasteiger partial charge on any atom is 0.725 e. The molecular weight excluding hydrogens is 287 g/mol. The zero-order valence-corrected chi connectivity index (χ0v) is 13.5. The Morgan fingerprint density at radius 3 is 2.45 bits per heavy atom. The van der Waals surface area contributed by atoms with E-state index in [1.165, 1.54) is 6.08 Å². The van der Waals surface area contributed by atoms with Crippen LogP contribution in [0.4, 0.5) is 8.63 Å². The molecule has 0 unspecified atom stereocenters. The summed E-state index contributed by atoms with van der Waals surface area (Å²) in [6, 6.07) is 5.59. The van der Waals surface area contributed by atoms with Crippen LogP contribution in [-0.2, 0) is 9.31 Å². The van der Waals surface area contributed by atoms with Gasteiger partial charge in [-0.3, -0.25) is 0 Å². The predicted octanol–water partition coefficient (Wildman–Crippen LogP) is 3.68. The van der Waals surface area contributed by atoms with E-state index in [9.17, 15) is 8.63 Å². The van der Waals surface area contributed by atoms with Gasteiger partial charge in [0.05, 0.1) is 11.5 Å². The molecule has 0 atom stereocenters. The molecule has 0 saturated carbocycles. The van der Waals surface area contributed by atoms with Crippen LogP contribution in [-0.4, -0.2) is 31.5 Å². The Morgan fingerprint density at radius 1 is 1.18 bits per heavy atom. The normalized spacial score (nSPS) is 18.3. The Bertz CT molecular complexity index is 689. The van der Waals surface area contributed by atoms with Crippen LogP contribution in [0.1, 0.15) is 23.6 Å². The third-order valence-electron chi connectivity index (χ3n) is 3.51. The zero-order chi connectivity index (χ0) is 16.5. The van der Waals surface area contributed by atoms with Crippen LogP contribution in [0, 0.1) is 13.8 Å². The van der Waals surface area contributed by atoms with Crippen LogP contribution in [0.15, 0.2) is 36.1 Å². The average Bonchev–Trinajstić information content (AvgIpc) is 2.36. The van der Waals surface area contributed by atoms with E-state index in [1.54, 1.807) is 12.1 Å². The first kappa shape index (κ1) is 16.3. The molecule has 2 rings (SSSR count). The van der Waals surface area contributed by atoms with E-state index >= 15 is 0 Å². The molecule has 3 nitrogen and oxygen atoms in total. The first-order valence-corrected chi connectivity index (χ1v) is 7.08. The van der Waals surface area contributed by atoms with Crippen LogP contribution in [0.2, 0.25) is 0 Å². The fourth-order valence-corrected chi connectivity index (χ4v) is 2.17. The molecule has 1 aromatic rings. The highest BCUT2D eigenvalue weighted by molar-refractivity contribution is 6.53. The maximum atomic E-state index is 13.8. The molecule has 0 aliphatic carbocycles. The van der Waals surface area contributed by atoms with Gasteiger partial charge in [0.15, 0.2) is 5.71 Å². The van der Waals surface area contributed by atoms with Crippen molar-refractivity contribution >= 4 is 18.6 Å². The summed E-state index contributed by atoms with van der Waals surface area (Å²) in [5.74, 6) is 0.226. The topological polar surface area (TPSA) is 21.5 Å². The van der Waals surface area contributed by atoms with E-state index < -0.39 is 7.11 Å². The number of hydrogen-bond donors (Lipinski definition) is 0. The van der Waals surface area contributed by atoms with Gasteiger partial charge >= 0.3 is 7.11 Å². The molecule has 1 aliphatic rings. The second-order valence-corrected chi connectivity index (χ2v) is 5.68. The minimum Gasteiger partial charge on any atom is -0.627 e. The molecule has 1 aliphatic heterocycles. The minimum absolute atomic E-state index is 0.0948. The lowest BCUT2D eigenvalue weighted by molar-refractivity contribution is -0.464. The van der Waals surface area contributed by atoms with E-state index in [0.717, 1.165) is 16.8 Å². The predicted molar refractivity (Wildman–Crippen MR) is 84.9 cm³/mol. The van der Waals surface area contributed by atoms with Gasteiger partial charge < -0.3 is 17.9 Å². The summed E-state index contributed by atoms with van der Waals surface area (Å²) in [4.78, 5) is 0. The van der Waals surface area contributed by atoms with Gasteiger partial charge in [-0.05, 0) is 19.4 Å². The minimum atomic E-state index is -4.37. The smallest absolute Gasteiger partial charge is 0.627 e. The zero-order valence-electron chi connectivity index (χ0n) is 13.5. The lowest BCUT2D eigenvalue weighted by atomic mass is 10.0. The number of halogens is 2. The Morgan fingerprint density at radius 2 is 1.86 bits per heavy atom. The second-order valence-electron chi connectivity index (χ2n) is 5.68. The van der Waals surface area contributed by atoms with Gasteiger partial charge in [-0.1, -0.05) is 23.8 Å². The number of nitrogens with zero attached hydrogens (tertiary/aromatic N) is 1. The van der Waals surface area contributed by atoms with Crippen molar-refractivity contribution in [1.82, 2.24) is 0 Å². The van der Waals surface area contributed by atoms with E-state index in [1.807, 2.05) is 51.6 Å². The highest BCUT2D eigenvalue weighted by Gasteiger charge is 2.38. The average molecular weight is 307 g/mol. The Labute approximate surface area is 129 Å². The van der Waals surface area contributed by atoms with Crippen molar-refractivity contribution in [3.8, 4) is 0 Å². The summed E-state index contributed by atoms with van der Waals surface area (Å²) < 4.78 is 38.8. The molecule has 0 N–H and O–H groups in total. The van der Waals surface area contributed by atoms with Gasteiger partial charge in [0.25, 0.3) is 0 Å². The number of benzene rings is 1. The number of hydrogen-bond acceptors (Lipinski definition) is 2. The van der Waals surface area contributed by atoms with E-state index in [-0.39, 0.29) is 11.5 Å². The van der Waals surface area contributed by atoms with Crippen molar-refractivity contribution in [2.75, 3.05) is 14.1 Å². The highest BCUT2D eigenvalue weighted by atomic mass is 19.3. The summed E-state index contributed by atoms with van der Waals surface area (Å²) in [7, 11) is -0.693. The standard InChI is InChI=1S/C16H20BF2NO2/c1-11-6-7-15(12(2)8-11)16-10-14(9-13(3)20(4)5)21-17(18,19)22-16/h6-10H,1-5H3/b14-9-. The molecule has 0 amide bonds. The van der Waals surface area contributed by atoms with Crippen molar-refractivity contribution in [2.45, 2.75) is 20.8 Å². The molecule has 6 heteroatoms. The molecule has 0 spiro atoms. The van der Waals surface area contributed by atoms with Crippen LogP contribution >= 0.6 is 0 Å². The third-order valence-corrected chi connectivity index (χ3v) is 3.51. The van der Waals surface area contributed by atoms with Gasteiger partial charge in [-0.2, -0.15) is 0 Å². The molecule has 1 heterocycles. The summed E-state index contributed by atoms with van der Waals surface area (Å²) in [5, 5.41) is 0. The van der Waals surface area contributed by atoms with Gasteiger partial charge in [0.1, 0.15) is 14.1 Å². The monoisotopic (exact) mass is 307 g/mol. The first-order valence-electron chi connectivity index (χ1n) is 7.08. The first-order chi connectivity index (χ1) is 10.2. The van der Waals surface area contributed by atoms with Gasteiger partial charge in [0.2, 0.25) is 0 Å². The van der Waals surface area contributed by atoms with Gasteiger partial charge in [-0.15, -0.1) is 0 Å². The molecule has 0 fully saturated rings. The number of allylic oxidation sites excluding steroid dienone is 2. The van der Waals surface area contributed by atoms with Gasteiger partial charge in [-0.25, -0.2) is 4.58 Å². The summed E-state index contributed by atoms with van der Waals surface area (Å²) in [6.45, 7) is 5.64. The molecule has 0 bridgehead atoms. The molecule has 0 radical (unpaired) electrons. The van der Waals surface area contributed by atoms with Crippen molar-refractivity contribution in [3.05, 3.63) is 52.8 Å². The molecular formula is C16H20BF2NO2. The van der Waals surface area contributed by atoms with Crippen LogP contribution < -0.4 is 0 Å². The van der Waals surface area contributed by atoms with Gasteiger partial charge in [0, 0.05) is 24.6 Å². The SMILES string of the molecule is CC(/C=C1/C=C(c2ccc(C)cc2C)O[B-](F)(F)O1)=[N+](C)C. The van der Waals surface area contributed by atoms with E-state index in [4.69, 9.17) is 4.65 Å². The molecule has 1 aromatic carbocycles. The molecule has 0 aromatic heterocycles.